The molecule has 2 rings (SSSR count). The summed E-state index contributed by atoms with van der Waals surface area (Å²) >= 11 is 0. The Hall–Kier alpha value is -1.55. The summed E-state index contributed by atoms with van der Waals surface area (Å²) in [4.78, 5) is 13.5. The molecule has 0 unspecified atom stereocenters. The molecule has 4 nitrogen and oxygen atoms in total. The van der Waals surface area contributed by atoms with Crippen LogP contribution in [0.5, 0.6) is 0 Å². The second-order valence-corrected chi connectivity index (χ2v) is 6.05. The lowest BCUT2D eigenvalue weighted by atomic mass is 10.0. The van der Waals surface area contributed by atoms with Gasteiger partial charge in [-0.25, -0.2) is 0 Å². The number of amides is 1. The van der Waals surface area contributed by atoms with Crippen molar-refractivity contribution in [1.29, 1.82) is 0 Å². The van der Waals surface area contributed by atoms with Crippen LogP contribution in [0.3, 0.4) is 0 Å². The van der Waals surface area contributed by atoms with Gasteiger partial charge in [-0.1, -0.05) is 0 Å². The fourth-order valence-corrected chi connectivity index (χ4v) is 2.19. The molecule has 1 aliphatic rings. The van der Waals surface area contributed by atoms with Crippen molar-refractivity contribution >= 4 is 17.3 Å². The van der Waals surface area contributed by atoms with E-state index in [0.29, 0.717) is 6.42 Å². The lowest BCUT2D eigenvalue weighted by Gasteiger charge is -2.26. The molecule has 0 atom stereocenters. The Balaban J connectivity index is 2.07. The minimum Gasteiger partial charge on any atom is -0.375 e. The molecule has 0 saturated carbocycles. The molecule has 0 radical (unpaired) electrons. The summed E-state index contributed by atoms with van der Waals surface area (Å²) < 4.78 is 0. The number of nitrogens with one attached hydrogen (secondary N) is 1. The van der Waals surface area contributed by atoms with Gasteiger partial charge in [0, 0.05) is 36.9 Å². The van der Waals surface area contributed by atoms with E-state index in [1.54, 1.807) is 0 Å². The van der Waals surface area contributed by atoms with Gasteiger partial charge in [0.25, 0.3) is 0 Å². The monoisotopic (exact) mass is 261 g/mol. The molecule has 1 heterocycles. The number of hydrogen-bond donors (Lipinski definition) is 2. The summed E-state index contributed by atoms with van der Waals surface area (Å²) in [5.74, 6) is 0.110. The standard InChI is InChI=1S/C15H23N3O/c1-15(2,16)8-9-18(3)12-5-6-13-11(10-12)4-7-14(19)17-13/h5-6,10H,4,7-9,16H2,1-3H3,(H,17,19). The van der Waals surface area contributed by atoms with Crippen LogP contribution in [0.15, 0.2) is 18.2 Å². The number of carbonyl (C=O) groups is 1. The van der Waals surface area contributed by atoms with Crippen LogP contribution in [0, 0.1) is 0 Å². The van der Waals surface area contributed by atoms with Crippen LogP contribution in [0.25, 0.3) is 0 Å². The zero-order valence-electron chi connectivity index (χ0n) is 12.0. The van der Waals surface area contributed by atoms with Gasteiger partial charge in [-0.2, -0.15) is 0 Å². The maximum Gasteiger partial charge on any atom is 0.224 e. The highest BCUT2D eigenvalue weighted by molar-refractivity contribution is 5.94. The summed E-state index contributed by atoms with van der Waals surface area (Å²) in [5.41, 5.74) is 9.22. The Morgan fingerprint density at radius 2 is 2.11 bits per heavy atom. The zero-order chi connectivity index (χ0) is 14.0. The predicted molar refractivity (Wildman–Crippen MR) is 79.5 cm³/mol. The minimum atomic E-state index is -0.142. The van der Waals surface area contributed by atoms with Gasteiger partial charge in [0.15, 0.2) is 0 Å². The lowest BCUT2D eigenvalue weighted by Crippen LogP contribution is -2.36. The lowest BCUT2D eigenvalue weighted by molar-refractivity contribution is -0.116. The summed E-state index contributed by atoms with van der Waals surface area (Å²) in [6.45, 7) is 5.01. The van der Waals surface area contributed by atoms with Crippen LogP contribution in [-0.4, -0.2) is 25.0 Å². The topological polar surface area (TPSA) is 58.4 Å². The van der Waals surface area contributed by atoms with Crippen molar-refractivity contribution in [3.8, 4) is 0 Å². The van der Waals surface area contributed by atoms with E-state index in [0.717, 1.165) is 25.1 Å². The number of rotatable bonds is 4. The normalized spacial score (nSPS) is 14.8. The van der Waals surface area contributed by atoms with Gasteiger partial charge in [-0.3, -0.25) is 4.79 Å². The average molecular weight is 261 g/mol. The second kappa shape index (κ2) is 5.21. The zero-order valence-corrected chi connectivity index (χ0v) is 12.0. The first-order valence-electron chi connectivity index (χ1n) is 6.78. The Morgan fingerprint density at radius 1 is 1.37 bits per heavy atom. The van der Waals surface area contributed by atoms with Gasteiger partial charge in [0.1, 0.15) is 0 Å². The van der Waals surface area contributed by atoms with E-state index in [1.807, 2.05) is 26.0 Å². The van der Waals surface area contributed by atoms with Crippen molar-refractivity contribution in [3.05, 3.63) is 23.8 Å². The number of nitrogens with two attached hydrogens (primary N) is 1. The van der Waals surface area contributed by atoms with Crippen molar-refractivity contribution in [2.24, 2.45) is 5.73 Å². The SMILES string of the molecule is CN(CCC(C)(C)N)c1ccc2c(c1)CCC(=O)N2. The van der Waals surface area contributed by atoms with Gasteiger partial charge in [-0.05, 0) is 50.5 Å². The van der Waals surface area contributed by atoms with Crippen molar-refractivity contribution in [2.75, 3.05) is 23.8 Å². The molecule has 3 N–H and O–H groups in total. The van der Waals surface area contributed by atoms with Crippen LogP contribution in [0.1, 0.15) is 32.3 Å². The third kappa shape index (κ3) is 3.70. The van der Waals surface area contributed by atoms with Crippen molar-refractivity contribution < 1.29 is 4.79 Å². The number of fused-ring (bicyclic) bond motifs is 1. The Morgan fingerprint density at radius 3 is 2.79 bits per heavy atom. The van der Waals surface area contributed by atoms with E-state index >= 15 is 0 Å². The molecule has 1 aliphatic heterocycles. The van der Waals surface area contributed by atoms with Gasteiger partial charge in [-0.15, -0.1) is 0 Å². The van der Waals surface area contributed by atoms with Crippen LogP contribution in [0.4, 0.5) is 11.4 Å². The van der Waals surface area contributed by atoms with Crippen LogP contribution >= 0.6 is 0 Å². The maximum absolute atomic E-state index is 11.3. The van der Waals surface area contributed by atoms with Crippen molar-refractivity contribution in [2.45, 2.75) is 38.6 Å². The first-order chi connectivity index (χ1) is 8.85. The number of carbonyl (C=O) groups excluding carboxylic acids is 1. The van der Waals surface area contributed by atoms with Gasteiger partial charge < -0.3 is 16.0 Å². The highest BCUT2D eigenvalue weighted by Gasteiger charge is 2.16. The summed E-state index contributed by atoms with van der Waals surface area (Å²) in [7, 11) is 2.08. The molecule has 104 valence electrons. The van der Waals surface area contributed by atoms with E-state index in [4.69, 9.17) is 5.73 Å². The smallest absolute Gasteiger partial charge is 0.224 e. The first kappa shape index (κ1) is 13.9. The number of nitrogens with zero attached hydrogens (tertiary/aromatic N) is 1. The van der Waals surface area contributed by atoms with Gasteiger partial charge in [0.05, 0.1) is 0 Å². The minimum absolute atomic E-state index is 0.110. The molecule has 0 aromatic heterocycles. The average Bonchev–Trinajstić information content (AvgIpc) is 2.34. The molecule has 0 bridgehead atoms. The predicted octanol–water partition coefficient (Wildman–Crippen LogP) is 2.13. The molecule has 0 aliphatic carbocycles. The molecule has 0 saturated heterocycles. The van der Waals surface area contributed by atoms with E-state index in [9.17, 15) is 4.79 Å². The Labute approximate surface area is 115 Å². The summed E-state index contributed by atoms with van der Waals surface area (Å²) in [5, 5.41) is 2.90. The van der Waals surface area contributed by atoms with Gasteiger partial charge in [0.2, 0.25) is 5.91 Å². The third-order valence-electron chi connectivity index (χ3n) is 3.52. The fraction of sp³-hybridized carbons (Fsp3) is 0.533. The number of hydrogen-bond acceptors (Lipinski definition) is 3. The summed E-state index contributed by atoms with van der Waals surface area (Å²) in [6.07, 6.45) is 2.35. The Kier molecular flexibility index (Phi) is 3.80. The fourth-order valence-electron chi connectivity index (χ4n) is 2.19. The van der Waals surface area contributed by atoms with Gasteiger partial charge >= 0.3 is 0 Å². The highest BCUT2D eigenvalue weighted by Crippen LogP contribution is 2.27. The molecule has 0 spiro atoms. The number of aryl methyl sites for hydroxylation is 1. The first-order valence-corrected chi connectivity index (χ1v) is 6.78. The summed E-state index contributed by atoms with van der Waals surface area (Å²) in [6, 6.07) is 6.21. The largest absolute Gasteiger partial charge is 0.375 e. The van der Waals surface area contributed by atoms with E-state index in [-0.39, 0.29) is 11.4 Å². The molecule has 1 aromatic rings. The highest BCUT2D eigenvalue weighted by atomic mass is 16.1. The van der Waals surface area contributed by atoms with Crippen molar-refractivity contribution in [3.63, 3.8) is 0 Å². The quantitative estimate of drug-likeness (QED) is 0.873. The van der Waals surface area contributed by atoms with Crippen LogP contribution in [-0.2, 0) is 11.2 Å². The number of benzene rings is 1. The molecule has 1 amide bonds. The maximum atomic E-state index is 11.3. The number of anilines is 2. The van der Waals surface area contributed by atoms with E-state index in [2.05, 4.69) is 23.3 Å². The van der Waals surface area contributed by atoms with Crippen molar-refractivity contribution in [1.82, 2.24) is 0 Å². The second-order valence-electron chi connectivity index (χ2n) is 6.05. The molecule has 4 heteroatoms. The van der Waals surface area contributed by atoms with E-state index < -0.39 is 0 Å². The molecule has 1 aromatic carbocycles. The van der Waals surface area contributed by atoms with Crippen LogP contribution < -0.4 is 16.0 Å². The van der Waals surface area contributed by atoms with E-state index in [1.165, 1.54) is 11.3 Å². The molecule has 0 fully saturated rings. The third-order valence-corrected chi connectivity index (χ3v) is 3.52. The molecular formula is C15H23N3O. The van der Waals surface area contributed by atoms with Crippen LogP contribution in [0.2, 0.25) is 0 Å². The molecule has 19 heavy (non-hydrogen) atoms. The Bertz CT molecular complexity index is 477. The molecular weight excluding hydrogens is 238 g/mol.